The maximum absolute atomic E-state index is 9.08. The minimum absolute atomic E-state index is 0.248. The second kappa shape index (κ2) is 3.02. The van der Waals surface area contributed by atoms with Gasteiger partial charge < -0.3 is 5.11 Å². The molecule has 0 spiro atoms. The van der Waals surface area contributed by atoms with E-state index < -0.39 is 0 Å². The van der Waals surface area contributed by atoms with Gasteiger partial charge in [0.25, 0.3) is 0 Å². The van der Waals surface area contributed by atoms with E-state index in [0.717, 1.165) is 6.42 Å². The summed E-state index contributed by atoms with van der Waals surface area (Å²) in [5.74, 6) is 0.587. The predicted molar refractivity (Wildman–Crippen MR) is 42.7 cm³/mol. The first kappa shape index (κ1) is 7.55. The summed E-state index contributed by atoms with van der Waals surface area (Å²) >= 11 is 0. The van der Waals surface area contributed by atoms with Gasteiger partial charge in [-0.05, 0) is 17.9 Å². The van der Waals surface area contributed by atoms with Crippen molar-refractivity contribution in [1.82, 2.24) is 0 Å². The molecule has 1 atom stereocenters. The molecular weight excluding hydrogens is 124 g/mol. The molecule has 0 fully saturated rings. The van der Waals surface area contributed by atoms with Crippen LogP contribution in [0.15, 0.2) is 23.8 Å². The molecule has 1 aliphatic carbocycles. The number of allylic oxidation sites excluding steroid dienone is 2. The lowest BCUT2D eigenvalue weighted by atomic mass is 9.96. The van der Waals surface area contributed by atoms with Gasteiger partial charge in [-0.25, -0.2) is 0 Å². The first-order chi connectivity index (χ1) is 4.70. The van der Waals surface area contributed by atoms with E-state index >= 15 is 0 Å². The zero-order valence-corrected chi connectivity index (χ0v) is 6.54. The number of aliphatic hydroxyl groups excluding tert-OH is 1. The van der Waals surface area contributed by atoms with Crippen LogP contribution in [-0.2, 0) is 0 Å². The molecule has 1 aliphatic rings. The molecule has 0 aromatic carbocycles. The van der Waals surface area contributed by atoms with Gasteiger partial charge in [0.2, 0.25) is 0 Å². The zero-order chi connectivity index (χ0) is 7.56. The van der Waals surface area contributed by atoms with Crippen LogP contribution >= 0.6 is 0 Å². The third-order valence-electron chi connectivity index (χ3n) is 1.77. The first-order valence-corrected chi connectivity index (χ1v) is 3.76. The van der Waals surface area contributed by atoms with Crippen LogP contribution in [0.3, 0.4) is 0 Å². The third kappa shape index (κ3) is 1.71. The zero-order valence-electron chi connectivity index (χ0n) is 6.54. The molecule has 1 nitrogen and oxygen atoms in total. The maximum atomic E-state index is 9.08. The highest BCUT2D eigenvalue weighted by molar-refractivity contribution is 5.25. The van der Waals surface area contributed by atoms with Gasteiger partial charge in [-0.3, -0.25) is 0 Å². The van der Waals surface area contributed by atoms with Gasteiger partial charge >= 0.3 is 0 Å². The molecule has 0 unspecified atom stereocenters. The Morgan fingerprint density at radius 3 is 2.70 bits per heavy atom. The van der Waals surface area contributed by atoms with Crippen LogP contribution in [0.4, 0.5) is 0 Å². The van der Waals surface area contributed by atoms with Crippen molar-refractivity contribution in [2.75, 3.05) is 0 Å². The van der Waals surface area contributed by atoms with Crippen molar-refractivity contribution < 1.29 is 5.11 Å². The van der Waals surface area contributed by atoms with Gasteiger partial charge in [-0.1, -0.05) is 32.1 Å². The fourth-order valence-electron chi connectivity index (χ4n) is 1.05. The largest absolute Gasteiger partial charge is 0.389 e. The monoisotopic (exact) mass is 138 g/mol. The van der Waals surface area contributed by atoms with Crippen LogP contribution in [0.25, 0.3) is 0 Å². The Hall–Kier alpha value is -0.560. The van der Waals surface area contributed by atoms with Crippen molar-refractivity contribution in [1.29, 1.82) is 0 Å². The van der Waals surface area contributed by atoms with Gasteiger partial charge in [0.1, 0.15) is 0 Å². The van der Waals surface area contributed by atoms with Crippen molar-refractivity contribution >= 4 is 0 Å². The molecule has 0 aromatic rings. The van der Waals surface area contributed by atoms with Gasteiger partial charge in [0.15, 0.2) is 0 Å². The topological polar surface area (TPSA) is 20.2 Å². The Balaban J connectivity index is 2.59. The standard InChI is InChI=1S/C9H14O/c1-7(2)8-3-5-9(10)6-4-8/h3-5,7,9-10H,6H2,1-2H3/t9-/m1/s1. The minimum Gasteiger partial charge on any atom is -0.389 e. The van der Waals surface area contributed by atoms with E-state index in [1.165, 1.54) is 5.57 Å². The molecule has 1 rings (SSSR count). The second-order valence-electron chi connectivity index (χ2n) is 3.02. The third-order valence-corrected chi connectivity index (χ3v) is 1.77. The van der Waals surface area contributed by atoms with Crippen LogP contribution in [0.5, 0.6) is 0 Å². The SMILES string of the molecule is CC(C)C1=CC[C@H](O)C=C1. The Kier molecular flexibility index (Phi) is 2.28. The lowest BCUT2D eigenvalue weighted by molar-refractivity contribution is 0.225. The molecule has 0 aliphatic heterocycles. The van der Waals surface area contributed by atoms with E-state index in [9.17, 15) is 0 Å². The first-order valence-electron chi connectivity index (χ1n) is 3.76. The molecule has 0 saturated carbocycles. The molecule has 1 heteroatoms. The van der Waals surface area contributed by atoms with E-state index in [0.29, 0.717) is 5.92 Å². The summed E-state index contributed by atoms with van der Waals surface area (Å²) < 4.78 is 0. The van der Waals surface area contributed by atoms with Crippen LogP contribution in [0.2, 0.25) is 0 Å². The summed E-state index contributed by atoms with van der Waals surface area (Å²) in [5, 5.41) is 9.08. The molecule has 56 valence electrons. The smallest absolute Gasteiger partial charge is 0.0758 e. The van der Waals surface area contributed by atoms with E-state index in [1.54, 1.807) is 0 Å². The summed E-state index contributed by atoms with van der Waals surface area (Å²) in [6.45, 7) is 4.32. The summed E-state index contributed by atoms with van der Waals surface area (Å²) in [5.41, 5.74) is 1.34. The molecule has 0 amide bonds. The molecule has 10 heavy (non-hydrogen) atoms. The number of aliphatic hydroxyl groups is 1. The van der Waals surface area contributed by atoms with Crippen molar-refractivity contribution in [3.8, 4) is 0 Å². The Morgan fingerprint density at radius 2 is 2.30 bits per heavy atom. The van der Waals surface area contributed by atoms with Gasteiger partial charge in [-0.15, -0.1) is 0 Å². The molecular formula is C9H14O. The number of hydrogen-bond acceptors (Lipinski definition) is 1. The Morgan fingerprint density at radius 1 is 1.60 bits per heavy atom. The molecule has 0 saturated heterocycles. The van der Waals surface area contributed by atoms with Crippen molar-refractivity contribution in [3.05, 3.63) is 23.8 Å². The van der Waals surface area contributed by atoms with E-state index in [-0.39, 0.29) is 6.10 Å². The maximum Gasteiger partial charge on any atom is 0.0758 e. The van der Waals surface area contributed by atoms with Crippen molar-refractivity contribution in [2.24, 2.45) is 5.92 Å². The van der Waals surface area contributed by atoms with Crippen LogP contribution < -0.4 is 0 Å². The van der Waals surface area contributed by atoms with Crippen LogP contribution in [0.1, 0.15) is 20.3 Å². The fourth-order valence-corrected chi connectivity index (χ4v) is 1.05. The highest BCUT2D eigenvalue weighted by atomic mass is 16.3. The quantitative estimate of drug-likeness (QED) is 0.586. The molecule has 0 heterocycles. The second-order valence-corrected chi connectivity index (χ2v) is 3.02. The normalized spacial score (nSPS) is 25.2. The fraction of sp³-hybridized carbons (Fsp3) is 0.556. The van der Waals surface area contributed by atoms with E-state index in [2.05, 4.69) is 19.9 Å². The Bertz CT molecular complexity index is 166. The number of rotatable bonds is 1. The van der Waals surface area contributed by atoms with Gasteiger partial charge in [0, 0.05) is 0 Å². The molecule has 0 radical (unpaired) electrons. The highest BCUT2D eigenvalue weighted by Gasteiger charge is 2.06. The summed E-state index contributed by atoms with van der Waals surface area (Å²) in [7, 11) is 0. The molecule has 0 aromatic heterocycles. The summed E-state index contributed by atoms with van der Waals surface area (Å²) in [4.78, 5) is 0. The lowest BCUT2D eigenvalue weighted by Crippen LogP contribution is -2.06. The average molecular weight is 138 g/mol. The number of hydrogen-bond donors (Lipinski definition) is 1. The average Bonchev–Trinajstić information content (AvgIpc) is 1.88. The van der Waals surface area contributed by atoms with E-state index in [4.69, 9.17) is 5.11 Å². The van der Waals surface area contributed by atoms with Gasteiger partial charge in [-0.2, -0.15) is 0 Å². The van der Waals surface area contributed by atoms with Crippen molar-refractivity contribution in [2.45, 2.75) is 26.4 Å². The molecule has 0 bridgehead atoms. The van der Waals surface area contributed by atoms with E-state index in [1.807, 2.05) is 12.2 Å². The van der Waals surface area contributed by atoms with Gasteiger partial charge in [0.05, 0.1) is 6.10 Å². The van der Waals surface area contributed by atoms with Crippen molar-refractivity contribution in [3.63, 3.8) is 0 Å². The summed E-state index contributed by atoms with van der Waals surface area (Å²) in [6, 6.07) is 0. The minimum atomic E-state index is -0.248. The Labute approximate surface area is 62.1 Å². The van der Waals surface area contributed by atoms with Crippen LogP contribution in [0, 0.1) is 5.92 Å². The predicted octanol–water partition coefficient (Wildman–Crippen LogP) is 1.89. The lowest BCUT2D eigenvalue weighted by Gasteiger charge is -2.13. The summed E-state index contributed by atoms with van der Waals surface area (Å²) in [6.07, 6.45) is 6.51. The highest BCUT2D eigenvalue weighted by Crippen LogP contribution is 2.17. The molecule has 1 N–H and O–H groups in total. The van der Waals surface area contributed by atoms with Crippen LogP contribution in [-0.4, -0.2) is 11.2 Å².